The van der Waals surface area contributed by atoms with E-state index < -0.39 is 0 Å². The second kappa shape index (κ2) is 5.29. The summed E-state index contributed by atoms with van der Waals surface area (Å²) in [6.07, 6.45) is 5.38. The largest absolute Gasteiger partial charge is 0.328 e. The van der Waals surface area contributed by atoms with Crippen LogP contribution in [0.2, 0.25) is 0 Å². The molecule has 0 radical (unpaired) electrons. The maximum Gasteiger partial charge on any atom is 0.328 e. The van der Waals surface area contributed by atoms with Crippen molar-refractivity contribution in [3.63, 3.8) is 0 Å². The second-order valence-corrected chi connectivity index (χ2v) is 5.02. The number of amides is 1. The molecule has 0 atom stereocenters. The molecule has 1 aromatic heterocycles. The number of nitrogens with one attached hydrogen (secondary N) is 1. The van der Waals surface area contributed by atoms with Gasteiger partial charge in [0.05, 0.1) is 0 Å². The normalized spacial score (nSPS) is 16.6. The van der Waals surface area contributed by atoms with E-state index in [9.17, 15) is 4.79 Å². The van der Waals surface area contributed by atoms with Crippen LogP contribution in [0.15, 0.2) is 4.52 Å². The maximum atomic E-state index is 11.7. The third kappa shape index (κ3) is 3.28. The van der Waals surface area contributed by atoms with Crippen molar-refractivity contribution in [2.75, 3.05) is 5.32 Å². The van der Waals surface area contributed by atoms with Gasteiger partial charge in [0, 0.05) is 12.3 Å². The van der Waals surface area contributed by atoms with Crippen LogP contribution in [0.4, 0.5) is 6.01 Å². The molecular formula is C12H19N3O2. The van der Waals surface area contributed by atoms with Crippen molar-refractivity contribution in [3.05, 3.63) is 5.82 Å². The van der Waals surface area contributed by atoms with Crippen LogP contribution in [-0.4, -0.2) is 16.0 Å². The zero-order valence-electron chi connectivity index (χ0n) is 10.4. The average Bonchev–Trinajstić information content (AvgIpc) is 2.88. The Morgan fingerprint density at radius 1 is 1.47 bits per heavy atom. The number of hydrogen-bond donors (Lipinski definition) is 1. The van der Waals surface area contributed by atoms with E-state index >= 15 is 0 Å². The van der Waals surface area contributed by atoms with E-state index in [1.807, 2.05) is 13.8 Å². The lowest BCUT2D eigenvalue weighted by atomic mass is 10.0. The highest BCUT2D eigenvalue weighted by Crippen LogP contribution is 2.27. The highest BCUT2D eigenvalue weighted by Gasteiger charge is 2.19. The molecule has 2 rings (SSSR count). The summed E-state index contributed by atoms with van der Waals surface area (Å²) < 4.78 is 4.97. The van der Waals surface area contributed by atoms with Crippen molar-refractivity contribution in [2.24, 2.45) is 5.92 Å². The third-order valence-corrected chi connectivity index (χ3v) is 3.15. The average molecular weight is 237 g/mol. The van der Waals surface area contributed by atoms with Crippen molar-refractivity contribution in [2.45, 2.75) is 51.9 Å². The molecular weight excluding hydrogens is 218 g/mol. The Morgan fingerprint density at radius 2 is 2.18 bits per heavy atom. The molecule has 0 spiro atoms. The SMILES string of the molecule is CC(C)c1noc(NC(=O)CC2CCCC2)n1. The number of nitrogens with zero attached hydrogens (tertiary/aromatic N) is 2. The topological polar surface area (TPSA) is 68.0 Å². The molecule has 1 heterocycles. The smallest absolute Gasteiger partial charge is 0.315 e. The molecule has 5 nitrogen and oxygen atoms in total. The fraction of sp³-hybridized carbons (Fsp3) is 0.750. The molecule has 1 amide bonds. The molecule has 1 saturated carbocycles. The van der Waals surface area contributed by atoms with Gasteiger partial charge in [0.2, 0.25) is 5.91 Å². The number of aromatic nitrogens is 2. The molecule has 1 fully saturated rings. The van der Waals surface area contributed by atoms with E-state index in [1.54, 1.807) is 0 Å². The number of hydrogen-bond acceptors (Lipinski definition) is 4. The Labute approximate surface area is 101 Å². The van der Waals surface area contributed by atoms with Gasteiger partial charge in [-0.2, -0.15) is 4.98 Å². The first kappa shape index (κ1) is 12.1. The standard InChI is InChI=1S/C12H19N3O2/c1-8(2)11-14-12(17-15-11)13-10(16)7-9-5-3-4-6-9/h8-9H,3-7H2,1-2H3,(H,13,14,15,16). The fourth-order valence-corrected chi connectivity index (χ4v) is 2.17. The van der Waals surface area contributed by atoms with Crippen LogP contribution in [0.25, 0.3) is 0 Å². The molecule has 17 heavy (non-hydrogen) atoms. The van der Waals surface area contributed by atoms with E-state index in [2.05, 4.69) is 15.5 Å². The molecule has 0 bridgehead atoms. The monoisotopic (exact) mass is 237 g/mol. The van der Waals surface area contributed by atoms with E-state index in [-0.39, 0.29) is 17.8 Å². The van der Waals surface area contributed by atoms with Crippen molar-refractivity contribution in [3.8, 4) is 0 Å². The van der Waals surface area contributed by atoms with Gasteiger partial charge in [-0.15, -0.1) is 0 Å². The summed E-state index contributed by atoms with van der Waals surface area (Å²) in [5, 5.41) is 6.46. The van der Waals surface area contributed by atoms with Crippen LogP contribution in [-0.2, 0) is 4.79 Å². The lowest BCUT2D eigenvalue weighted by Crippen LogP contribution is -2.15. The second-order valence-electron chi connectivity index (χ2n) is 5.02. The van der Waals surface area contributed by atoms with E-state index in [4.69, 9.17) is 4.52 Å². The van der Waals surface area contributed by atoms with Gasteiger partial charge in [-0.25, -0.2) is 0 Å². The highest BCUT2D eigenvalue weighted by molar-refractivity contribution is 5.88. The minimum atomic E-state index is -0.0177. The zero-order chi connectivity index (χ0) is 12.3. The van der Waals surface area contributed by atoms with Gasteiger partial charge < -0.3 is 4.52 Å². The van der Waals surface area contributed by atoms with Gasteiger partial charge in [-0.05, 0) is 18.8 Å². The van der Waals surface area contributed by atoms with Gasteiger partial charge in [0.25, 0.3) is 0 Å². The predicted molar refractivity (Wildman–Crippen MR) is 63.6 cm³/mol. The molecule has 5 heteroatoms. The summed E-state index contributed by atoms with van der Waals surface area (Å²) in [6, 6.07) is 0.219. The molecule has 1 aliphatic rings. The van der Waals surface area contributed by atoms with Gasteiger partial charge in [-0.1, -0.05) is 31.8 Å². The first-order valence-electron chi connectivity index (χ1n) is 6.28. The molecule has 0 aromatic carbocycles. The van der Waals surface area contributed by atoms with Crippen molar-refractivity contribution in [1.82, 2.24) is 10.1 Å². The summed E-state index contributed by atoms with van der Waals surface area (Å²) >= 11 is 0. The fourth-order valence-electron chi connectivity index (χ4n) is 2.17. The van der Waals surface area contributed by atoms with Crippen LogP contribution in [0.1, 0.15) is 57.7 Å². The molecule has 94 valence electrons. The predicted octanol–water partition coefficient (Wildman–Crippen LogP) is 2.71. The summed E-state index contributed by atoms with van der Waals surface area (Å²) in [4.78, 5) is 15.8. The summed E-state index contributed by atoms with van der Waals surface area (Å²) in [7, 11) is 0. The molecule has 0 saturated heterocycles. The summed E-state index contributed by atoms with van der Waals surface area (Å²) in [6.45, 7) is 3.96. The minimum absolute atomic E-state index is 0.0177. The van der Waals surface area contributed by atoms with Crippen LogP contribution >= 0.6 is 0 Å². The van der Waals surface area contributed by atoms with Crippen LogP contribution in [0.3, 0.4) is 0 Å². The first-order chi connectivity index (χ1) is 8.15. The Hall–Kier alpha value is -1.39. The first-order valence-corrected chi connectivity index (χ1v) is 6.28. The summed E-state index contributed by atoms with van der Waals surface area (Å²) in [5.74, 6) is 1.35. The van der Waals surface area contributed by atoms with Crippen LogP contribution < -0.4 is 5.32 Å². The molecule has 1 N–H and O–H groups in total. The number of carbonyl (C=O) groups is 1. The third-order valence-electron chi connectivity index (χ3n) is 3.15. The van der Waals surface area contributed by atoms with E-state index in [1.165, 1.54) is 12.8 Å². The number of rotatable bonds is 4. The van der Waals surface area contributed by atoms with E-state index in [0.29, 0.717) is 18.2 Å². The van der Waals surface area contributed by atoms with Crippen molar-refractivity contribution < 1.29 is 9.32 Å². The molecule has 0 aliphatic heterocycles. The van der Waals surface area contributed by atoms with Crippen LogP contribution in [0.5, 0.6) is 0 Å². The Morgan fingerprint density at radius 3 is 2.76 bits per heavy atom. The summed E-state index contributed by atoms with van der Waals surface area (Å²) in [5.41, 5.74) is 0. The lowest BCUT2D eigenvalue weighted by molar-refractivity contribution is -0.117. The Bertz CT molecular complexity index is 381. The maximum absolute atomic E-state index is 11.7. The van der Waals surface area contributed by atoms with Crippen molar-refractivity contribution >= 4 is 11.9 Å². The highest BCUT2D eigenvalue weighted by atomic mass is 16.5. The van der Waals surface area contributed by atoms with E-state index in [0.717, 1.165) is 12.8 Å². The van der Waals surface area contributed by atoms with Crippen molar-refractivity contribution in [1.29, 1.82) is 0 Å². The lowest BCUT2D eigenvalue weighted by Gasteiger charge is -2.06. The molecule has 0 unspecified atom stereocenters. The van der Waals surface area contributed by atoms with Gasteiger partial charge >= 0.3 is 6.01 Å². The Kier molecular flexibility index (Phi) is 3.76. The minimum Gasteiger partial charge on any atom is -0.315 e. The Balaban J connectivity index is 1.84. The molecule has 1 aromatic rings. The quantitative estimate of drug-likeness (QED) is 0.874. The number of carbonyl (C=O) groups excluding carboxylic acids is 1. The molecule has 1 aliphatic carbocycles. The van der Waals surface area contributed by atoms with Gasteiger partial charge in [0.1, 0.15) is 0 Å². The van der Waals surface area contributed by atoms with Crippen LogP contribution in [0, 0.1) is 5.92 Å². The van der Waals surface area contributed by atoms with Gasteiger partial charge in [-0.3, -0.25) is 10.1 Å². The van der Waals surface area contributed by atoms with Gasteiger partial charge in [0.15, 0.2) is 5.82 Å². The number of anilines is 1. The zero-order valence-corrected chi connectivity index (χ0v) is 10.4.